The summed E-state index contributed by atoms with van der Waals surface area (Å²) in [5, 5.41) is 15.1. The molecule has 1 aromatic heterocycles. The van der Waals surface area contributed by atoms with E-state index in [0.717, 1.165) is 49.5 Å². The number of methoxy groups -OCH3 is 1. The molecule has 0 aliphatic heterocycles. The number of hydrogen-bond donors (Lipinski definition) is 2. The largest absolute Gasteiger partial charge is 0.385 e. The number of rotatable bonds is 11. The lowest BCUT2D eigenvalue weighted by atomic mass is 10.0. The fourth-order valence-electron chi connectivity index (χ4n) is 2.45. The lowest BCUT2D eigenvalue weighted by Gasteiger charge is -2.18. The van der Waals surface area contributed by atoms with Gasteiger partial charge in [0.05, 0.1) is 0 Å². The van der Waals surface area contributed by atoms with Crippen LogP contribution in [0.1, 0.15) is 58.1 Å². The third-order valence-electron chi connectivity index (χ3n) is 4.18. The van der Waals surface area contributed by atoms with Gasteiger partial charge in [-0.1, -0.05) is 26.7 Å². The van der Waals surface area contributed by atoms with Crippen molar-refractivity contribution < 1.29 is 4.74 Å². The smallest absolute Gasteiger partial charge is 0.191 e. The van der Waals surface area contributed by atoms with E-state index in [0.29, 0.717) is 12.6 Å². The summed E-state index contributed by atoms with van der Waals surface area (Å²) in [6.45, 7) is 10.8. The predicted octanol–water partition coefficient (Wildman–Crippen LogP) is 3.03. The van der Waals surface area contributed by atoms with Gasteiger partial charge in [-0.3, -0.25) is 0 Å². The normalized spacial score (nSPS) is 12.8. The lowest BCUT2D eigenvalue weighted by molar-refractivity contribution is 0.195. The Morgan fingerprint density at radius 2 is 1.92 bits per heavy atom. The summed E-state index contributed by atoms with van der Waals surface area (Å²) in [5.41, 5.74) is 0. The van der Waals surface area contributed by atoms with Gasteiger partial charge in [0.25, 0.3) is 0 Å². The van der Waals surface area contributed by atoms with Gasteiger partial charge in [0.15, 0.2) is 11.8 Å². The van der Waals surface area contributed by atoms with E-state index in [-0.39, 0.29) is 24.0 Å². The Balaban J connectivity index is 0.00000625. The molecular weight excluding hydrogens is 443 g/mol. The molecule has 0 fully saturated rings. The number of aromatic nitrogens is 3. The van der Waals surface area contributed by atoms with E-state index in [9.17, 15) is 0 Å². The molecule has 2 N–H and O–H groups in total. The van der Waals surface area contributed by atoms with Crippen LogP contribution in [-0.2, 0) is 18.3 Å². The van der Waals surface area contributed by atoms with Crippen LogP contribution in [0.4, 0.5) is 0 Å². The van der Waals surface area contributed by atoms with Gasteiger partial charge in [-0.05, 0) is 32.6 Å². The van der Waals surface area contributed by atoms with E-state index in [1.807, 2.05) is 18.5 Å². The molecule has 0 saturated heterocycles. The predicted molar refractivity (Wildman–Crippen MR) is 118 cm³/mol. The minimum Gasteiger partial charge on any atom is -0.385 e. The van der Waals surface area contributed by atoms with Crippen molar-refractivity contribution in [2.45, 2.75) is 66.0 Å². The molecule has 0 saturated carbocycles. The molecule has 0 amide bonds. The van der Waals surface area contributed by atoms with Gasteiger partial charge in [-0.2, -0.15) is 0 Å². The summed E-state index contributed by atoms with van der Waals surface area (Å²) in [4.78, 5) is 4.68. The van der Waals surface area contributed by atoms with E-state index in [4.69, 9.17) is 4.74 Å². The molecule has 7 nitrogen and oxygen atoms in total. The summed E-state index contributed by atoms with van der Waals surface area (Å²) in [5.74, 6) is 3.35. The summed E-state index contributed by atoms with van der Waals surface area (Å²) in [7, 11) is 3.69. The molecule has 1 rings (SSSR count). The van der Waals surface area contributed by atoms with Crippen LogP contribution in [0.3, 0.4) is 0 Å². The second-order valence-electron chi connectivity index (χ2n) is 7.03. The Labute approximate surface area is 175 Å². The highest BCUT2D eigenvalue weighted by molar-refractivity contribution is 14.0. The maximum absolute atomic E-state index is 5.11. The van der Waals surface area contributed by atoms with Crippen molar-refractivity contribution in [1.82, 2.24) is 25.4 Å². The first-order valence-electron chi connectivity index (χ1n) is 9.32. The van der Waals surface area contributed by atoms with E-state index in [1.54, 1.807) is 7.11 Å². The van der Waals surface area contributed by atoms with Crippen LogP contribution in [0.25, 0.3) is 0 Å². The van der Waals surface area contributed by atoms with Gasteiger partial charge in [0.2, 0.25) is 0 Å². The molecule has 1 unspecified atom stereocenters. The van der Waals surface area contributed by atoms with E-state index in [1.165, 1.54) is 12.8 Å². The molecule has 152 valence electrons. The lowest BCUT2D eigenvalue weighted by Crippen LogP contribution is -2.43. The van der Waals surface area contributed by atoms with Crippen LogP contribution in [0.2, 0.25) is 0 Å². The second kappa shape index (κ2) is 14.2. The summed E-state index contributed by atoms with van der Waals surface area (Å²) in [6, 6.07) is 0.383. The third kappa shape index (κ3) is 10.3. The maximum Gasteiger partial charge on any atom is 0.191 e. The molecule has 0 radical (unpaired) electrons. The van der Waals surface area contributed by atoms with Crippen LogP contribution in [0.15, 0.2) is 4.99 Å². The zero-order valence-corrected chi connectivity index (χ0v) is 19.5. The fraction of sp³-hybridized carbons (Fsp3) is 0.833. The van der Waals surface area contributed by atoms with Gasteiger partial charge >= 0.3 is 0 Å². The van der Waals surface area contributed by atoms with Gasteiger partial charge in [-0.15, -0.1) is 34.2 Å². The Kier molecular flexibility index (Phi) is 13.7. The van der Waals surface area contributed by atoms with Crippen molar-refractivity contribution in [3.05, 3.63) is 11.6 Å². The highest BCUT2D eigenvalue weighted by Crippen LogP contribution is 2.08. The first-order chi connectivity index (χ1) is 11.9. The maximum atomic E-state index is 5.11. The van der Waals surface area contributed by atoms with E-state index < -0.39 is 0 Å². The third-order valence-corrected chi connectivity index (χ3v) is 4.18. The van der Waals surface area contributed by atoms with Gasteiger partial charge in [0.1, 0.15) is 12.4 Å². The Bertz CT molecular complexity index is 518. The molecule has 1 aromatic rings. The van der Waals surface area contributed by atoms with Gasteiger partial charge in [-0.25, -0.2) is 4.99 Å². The molecule has 0 bridgehead atoms. The molecule has 0 aromatic carbocycles. The molecule has 0 aliphatic carbocycles. The van der Waals surface area contributed by atoms with Crippen molar-refractivity contribution in [3.63, 3.8) is 0 Å². The number of nitrogens with one attached hydrogen (secondary N) is 2. The summed E-state index contributed by atoms with van der Waals surface area (Å²) < 4.78 is 7.08. The van der Waals surface area contributed by atoms with Crippen molar-refractivity contribution in [2.24, 2.45) is 18.0 Å². The Hall–Kier alpha value is -0.900. The highest BCUT2D eigenvalue weighted by Gasteiger charge is 2.08. The number of aliphatic imine (C=N–C) groups is 1. The average molecular weight is 480 g/mol. The Morgan fingerprint density at radius 1 is 1.19 bits per heavy atom. The minimum absolute atomic E-state index is 0. The van der Waals surface area contributed by atoms with Crippen molar-refractivity contribution in [2.75, 3.05) is 20.3 Å². The second-order valence-corrected chi connectivity index (χ2v) is 7.03. The van der Waals surface area contributed by atoms with E-state index >= 15 is 0 Å². The number of ether oxygens (including phenoxy) is 1. The zero-order chi connectivity index (χ0) is 18.7. The van der Waals surface area contributed by atoms with Crippen molar-refractivity contribution in [3.8, 4) is 0 Å². The van der Waals surface area contributed by atoms with Crippen LogP contribution in [0.5, 0.6) is 0 Å². The van der Waals surface area contributed by atoms with Crippen molar-refractivity contribution >= 4 is 29.9 Å². The van der Waals surface area contributed by atoms with Crippen LogP contribution < -0.4 is 10.6 Å². The number of halogens is 1. The number of guanidine groups is 1. The number of nitrogens with zero attached hydrogens (tertiary/aromatic N) is 4. The molecule has 26 heavy (non-hydrogen) atoms. The average Bonchev–Trinajstić information content (AvgIpc) is 2.87. The first-order valence-corrected chi connectivity index (χ1v) is 9.32. The summed E-state index contributed by atoms with van der Waals surface area (Å²) >= 11 is 0. The van der Waals surface area contributed by atoms with Crippen LogP contribution >= 0.6 is 24.0 Å². The minimum atomic E-state index is 0. The SMILES string of the molecule is COCCCNC(=NCc1nnc(C)n1C)NC(C)CCCC(C)C.I. The zero-order valence-electron chi connectivity index (χ0n) is 17.2. The number of hydrogen-bond acceptors (Lipinski definition) is 4. The molecular formula is C18H37IN6O. The highest BCUT2D eigenvalue weighted by atomic mass is 127. The van der Waals surface area contributed by atoms with Crippen LogP contribution in [0, 0.1) is 12.8 Å². The quantitative estimate of drug-likeness (QED) is 0.221. The summed E-state index contributed by atoms with van der Waals surface area (Å²) in [6.07, 6.45) is 4.57. The molecule has 8 heteroatoms. The topological polar surface area (TPSA) is 76.4 Å². The monoisotopic (exact) mass is 480 g/mol. The van der Waals surface area contributed by atoms with Gasteiger partial charge < -0.3 is 19.9 Å². The molecule has 1 heterocycles. The standard InChI is InChI=1S/C18H36N6O.HI/c1-14(2)9-7-10-15(3)21-18(19-11-8-12-25-6)20-13-17-23-22-16(4)24(17)5;/h14-15H,7-13H2,1-6H3,(H2,19,20,21);1H. The van der Waals surface area contributed by atoms with Crippen LogP contribution in [-0.4, -0.2) is 47.0 Å². The van der Waals surface area contributed by atoms with E-state index in [2.05, 4.69) is 46.6 Å². The molecule has 0 spiro atoms. The Morgan fingerprint density at radius 3 is 2.50 bits per heavy atom. The van der Waals surface area contributed by atoms with Gasteiger partial charge in [0, 0.05) is 33.4 Å². The van der Waals surface area contributed by atoms with Crippen molar-refractivity contribution in [1.29, 1.82) is 0 Å². The first kappa shape index (κ1) is 25.1. The number of aryl methyl sites for hydroxylation is 1. The molecule has 0 aliphatic rings. The molecule has 1 atom stereocenters. The fourth-order valence-corrected chi connectivity index (χ4v) is 2.45.